The van der Waals surface area contributed by atoms with E-state index < -0.39 is 40.7 Å². The Hall–Kier alpha value is -3.33. The van der Waals surface area contributed by atoms with E-state index in [9.17, 15) is 29.7 Å². The average Bonchev–Trinajstić information content (AvgIpc) is 2.76. The number of nitrogens with one attached hydrogen (secondary N) is 1. The molecule has 3 atom stereocenters. The van der Waals surface area contributed by atoms with E-state index in [1.54, 1.807) is 56.3 Å². The lowest BCUT2D eigenvalue weighted by Gasteiger charge is -2.27. The summed E-state index contributed by atoms with van der Waals surface area (Å²) in [6, 6.07) is 15.2. The molecule has 0 saturated carbocycles. The quantitative estimate of drug-likeness (QED) is 0.233. The van der Waals surface area contributed by atoms with Crippen LogP contribution in [0.4, 0.5) is 17.1 Å². The summed E-state index contributed by atoms with van der Waals surface area (Å²) in [5.74, 6) is -1.35. The fourth-order valence-electron chi connectivity index (χ4n) is 3.31. The highest BCUT2D eigenvalue weighted by Gasteiger charge is 2.38. The highest BCUT2D eigenvalue weighted by Crippen LogP contribution is 2.58. The molecule has 0 saturated heterocycles. The summed E-state index contributed by atoms with van der Waals surface area (Å²) in [6.07, 6.45) is -0.0606. The highest BCUT2D eigenvalue weighted by molar-refractivity contribution is 7.53. The number of hydrogen-bond donors (Lipinski definition) is 2. The molecule has 168 valence electrons. The van der Waals surface area contributed by atoms with Gasteiger partial charge in [0, 0.05) is 5.39 Å². The fraction of sp³-hybridized carbons (Fsp3) is 0.238. The van der Waals surface area contributed by atoms with Crippen molar-refractivity contribution in [1.29, 1.82) is 0 Å². The molecule has 0 aliphatic heterocycles. The summed E-state index contributed by atoms with van der Waals surface area (Å²) in [4.78, 5) is 32.7. The predicted molar refractivity (Wildman–Crippen MR) is 121 cm³/mol. The SMILES string of the molecule is CCC(C)OP(=O)(O)C(Nc1c([N+](=O)[O-])cc([N+](=O)[O-])c2ccccc12)c1ccccc1. The zero-order valence-corrected chi connectivity index (χ0v) is 18.3. The van der Waals surface area contributed by atoms with E-state index in [4.69, 9.17) is 4.52 Å². The number of rotatable bonds is 9. The van der Waals surface area contributed by atoms with Gasteiger partial charge in [-0.15, -0.1) is 0 Å². The van der Waals surface area contributed by atoms with Gasteiger partial charge in [0.1, 0.15) is 5.69 Å². The van der Waals surface area contributed by atoms with Crippen LogP contribution in [0.2, 0.25) is 0 Å². The molecule has 0 amide bonds. The Morgan fingerprint density at radius 2 is 1.56 bits per heavy atom. The normalized spacial score (nSPS) is 15.0. The molecule has 11 heteroatoms. The average molecular weight is 459 g/mol. The Morgan fingerprint density at radius 1 is 1.00 bits per heavy atom. The molecule has 0 bridgehead atoms. The maximum atomic E-state index is 13.3. The van der Waals surface area contributed by atoms with E-state index >= 15 is 0 Å². The molecular weight excluding hydrogens is 437 g/mol. The first-order valence-electron chi connectivity index (χ1n) is 9.82. The summed E-state index contributed by atoms with van der Waals surface area (Å²) in [6.45, 7) is 3.44. The third-order valence-electron chi connectivity index (χ3n) is 5.02. The molecule has 3 rings (SSSR count). The van der Waals surface area contributed by atoms with Crippen molar-refractivity contribution in [3.8, 4) is 0 Å². The summed E-state index contributed by atoms with van der Waals surface area (Å²) in [5.41, 5.74) is -0.748. The lowest BCUT2D eigenvalue weighted by Crippen LogP contribution is -2.17. The Kier molecular flexibility index (Phi) is 6.88. The van der Waals surface area contributed by atoms with Gasteiger partial charge in [-0.2, -0.15) is 0 Å². The van der Waals surface area contributed by atoms with E-state index in [1.165, 1.54) is 12.1 Å². The summed E-state index contributed by atoms with van der Waals surface area (Å²) >= 11 is 0. The van der Waals surface area contributed by atoms with Gasteiger partial charge in [-0.3, -0.25) is 24.8 Å². The van der Waals surface area contributed by atoms with E-state index in [0.29, 0.717) is 12.0 Å². The molecule has 32 heavy (non-hydrogen) atoms. The Bertz CT molecular complexity index is 1200. The first-order valence-corrected chi connectivity index (χ1v) is 11.5. The standard InChI is InChI=1S/C21H22N3O7P/c1-3-14(2)31-32(29,30)21(15-9-5-4-6-10-15)22-20-17-12-8-7-11-16(17)18(23(25)26)13-19(20)24(27)28/h4-14,21-22H,3H2,1-2H3,(H,29,30). The summed E-state index contributed by atoms with van der Waals surface area (Å²) < 4.78 is 18.7. The molecule has 0 radical (unpaired) electrons. The lowest BCUT2D eigenvalue weighted by molar-refractivity contribution is -0.392. The minimum atomic E-state index is -4.39. The molecule has 0 fully saturated rings. The van der Waals surface area contributed by atoms with Gasteiger partial charge < -0.3 is 14.7 Å². The highest BCUT2D eigenvalue weighted by atomic mass is 31.2. The van der Waals surface area contributed by atoms with E-state index in [-0.39, 0.29) is 16.5 Å². The van der Waals surface area contributed by atoms with Gasteiger partial charge in [-0.1, -0.05) is 55.5 Å². The molecule has 0 aromatic heterocycles. The summed E-state index contributed by atoms with van der Waals surface area (Å²) in [5, 5.41) is 26.5. The molecule has 3 unspecified atom stereocenters. The Morgan fingerprint density at radius 3 is 2.12 bits per heavy atom. The maximum absolute atomic E-state index is 13.3. The van der Waals surface area contributed by atoms with Gasteiger partial charge in [-0.05, 0) is 25.0 Å². The van der Waals surface area contributed by atoms with Crippen molar-refractivity contribution in [1.82, 2.24) is 0 Å². The fourth-order valence-corrected chi connectivity index (χ4v) is 4.93. The van der Waals surface area contributed by atoms with Gasteiger partial charge in [0.25, 0.3) is 11.4 Å². The van der Waals surface area contributed by atoms with E-state index in [1.807, 2.05) is 0 Å². The van der Waals surface area contributed by atoms with Gasteiger partial charge in [0.05, 0.1) is 27.4 Å². The minimum Gasteiger partial charge on any atom is -0.362 e. The molecule has 3 aromatic rings. The maximum Gasteiger partial charge on any atom is 0.354 e. The molecule has 2 N–H and O–H groups in total. The Balaban J connectivity index is 2.24. The second-order valence-corrected chi connectivity index (χ2v) is 9.05. The van der Waals surface area contributed by atoms with Crippen molar-refractivity contribution in [2.24, 2.45) is 0 Å². The van der Waals surface area contributed by atoms with Crippen LogP contribution in [0.15, 0.2) is 60.7 Å². The number of hydrogen-bond acceptors (Lipinski definition) is 7. The second-order valence-electron chi connectivity index (χ2n) is 7.20. The summed E-state index contributed by atoms with van der Waals surface area (Å²) in [7, 11) is -4.39. The first kappa shape index (κ1) is 23.3. The smallest absolute Gasteiger partial charge is 0.354 e. The van der Waals surface area contributed by atoms with Crippen LogP contribution in [0.1, 0.15) is 31.6 Å². The zero-order valence-electron chi connectivity index (χ0n) is 17.4. The van der Waals surface area contributed by atoms with Crippen LogP contribution >= 0.6 is 7.60 Å². The molecule has 0 heterocycles. The topological polar surface area (TPSA) is 145 Å². The van der Waals surface area contributed by atoms with Crippen molar-refractivity contribution in [2.45, 2.75) is 32.2 Å². The van der Waals surface area contributed by atoms with Crippen LogP contribution in [-0.2, 0) is 9.09 Å². The van der Waals surface area contributed by atoms with Crippen LogP contribution in [0, 0.1) is 20.2 Å². The van der Waals surface area contributed by atoms with Crippen molar-refractivity contribution in [3.05, 3.63) is 86.5 Å². The number of non-ortho nitro benzene ring substituents is 1. The third-order valence-corrected chi connectivity index (χ3v) is 6.77. The van der Waals surface area contributed by atoms with Crippen LogP contribution < -0.4 is 5.32 Å². The largest absolute Gasteiger partial charge is 0.362 e. The van der Waals surface area contributed by atoms with Crippen molar-refractivity contribution >= 4 is 35.4 Å². The number of nitro benzene ring substituents is 2. The molecule has 0 aliphatic carbocycles. The van der Waals surface area contributed by atoms with Crippen molar-refractivity contribution in [2.75, 3.05) is 5.32 Å². The number of nitro groups is 2. The number of fused-ring (bicyclic) bond motifs is 1. The molecule has 0 aliphatic rings. The number of benzene rings is 3. The minimum absolute atomic E-state index is 0.105. The molecule has 10 nitrogen and oxygen atoms in total. The second kappa shape index (κ2) is 9.44. The number of nitrogens with zero attached hydrogens (tertiary/aromatic N) is 2. The lowest BCUT2D eigenvalue weighted by atomic mass is 10.0. The van der Waals surface area contributed by atoms with Gasteiger partial charge in [-0.25, -0.2) is 0 Å². The van der Waals surface area contributed by atoms with Crippen LogP contribution in [0.5, 0.6) is 0 Å². The predicted octanol–water partition coefficient (Wildman–Crippen LogP) is 5.77. The molecule has 0 spiro atoms. The van der Waals surface area contributed by atoms with Gasteiger partial charge in [0.15, 0.2) is 5.78 Å². The number of anilines is 1. The monoisotopic (exact) mass is 459 g/mol. The van der Waals surface area contributed by atoms with Gasteiger partial charge >= 0.3 is 7.60 Å². The third kappa shape index (κ3) is 4.77. The van der Waals surface area contributed by atoms with Crippen molar-refractivity contribution in [3.63, 3.8) is 0 Å². The first-order chi connectivity index (χ1) is 15.2. The van der Waals surface area contributed by atoms with Crippen LogP contribution in [0.25, 0.3) is 10.8 Å². The van der Waals surface area contributed by atoms with Crippen molar-refractivity contribution < 1.29 is 23.8 Å². The molecule has 3 aromatic carbocycles. The zero-order chi connectivity index (χ0) is 23.5. The Labute approximate surface area is 183 Å². The van der Waals surface area contributed by atoms with Crippen LogP contribution in [-0.4, -0.2) is 20.8 Å². The van der Waals surface area contributed by atoms with Gasteiger partial charge in [0.2, 0.25) is 0 Å². The van der Waals surface area contributed by atoms with E-state index in [0.717, 1.165) is 6.07 Å². The van der Waals surface area contributed by atoms with E-state index in [2.05, 4.69) is 5.32 Å². The van der Waals surface area contributed by atoms with Crippen LogP contribution in [0.3, 0.4) is 0 Å². The molecular formula is C21H22N3O7P.